The van der Waals surface area contributed by atoms with Crippen molar-refractivity contribution in [1.29, 1.82) is 0 Å². The molecule has 0 unspecified atom stereocenters. The third-order valence-corrected chi connectivity index (χ3v) is 11.4. The van der Waals surface area contributed by atoms with Crippen molar-refractivity contribution in [2.45, 2.75) is 0 Å². The van der Waals surface area contributed by atoms with Crippen LogP contribution in [0.1, 0.15) is 0 Å². The summed E-state index contributed by atoms with van der Waals surface area (Å²) >= 11 is 0. The first-order chi connectivity index (χ1) is 27.8. The van der Waals surface area contributed by atoms with E-state index in [1.54, 1.807) is 12.4 Å². The predicted octanol–water partition coefficient (Wildman–Crippen LogP) is 14.3. The van der Waals surface area contributed by atoms with Crippen molar-refractivity contribution in [2.75, 3.05) is 0 Å². The molecule has 0 aliphatic heterocycles. The molecule has 0 bridgehead atoms. The van der Waals surface area contributed by atoms with Crippen LogP contribution in [0.5, 0.6) is 0 Å². The van der Waals surface area contributed by atoms with E-state index in [9.17, 15) is 0 Å². The Balaban J connectivity index is 1.19. The highest BCUT2D eigenvalue weighted by molar-refractivity contribution is 6.12. The summed E-state index contributed by atoms with van der Waals surface area (Å²) in [5, 5.41) is 4.08. The fourth-order valence-electron chi connectivity index (χ4n) is 8.96. The number of hydrogen-bond donors (Lipinski definition) is 0. The Morgan fingerprint density at radius 3 is 1.16 bits per heavy atom. The van der Waals surface area contributed by atoms with E-state index in [0.29, 0.717) is 11.4 Å². The SMILES string of the molecule is c1ccc2c(c1)-c1ccccc1-c1cccc(-c3cc(-c4cccc5c4oc4ncccc45)cc(-c4cccc5c4oc4ncccc45)c3)c1-c1ccccc1-2. The minimum absolute atomic E-state index is 0.630. The molecule has 12 rings (SSSR count). The predicted molar refractivity (Wildman–Crippen MR) is 228 cm³/mol. The van der Waals surface area contributed by atoms with Crippen LogP contribution in [0, 0.1) is 0 Å². The quantitative estimate of drug-likeness (QED) is 0.183. The first kappa shape index (κ1) is 30.9. The molecule has 11 aromatic rings. The molecule has 4 nitrogen and oxygen atoms in total. The van der Waals surface area contributed by atoms with Gasteiger partial charge in [0.1, 0.15) is 11.2 Å². The molecule has 7 aromatic carbocycles. The molecule has 260 valence electrons. The van der Waals surface area contributed by atoms with Crippen molar-refractivity contribution >= 4 is 44.1 Å². The molecule has 0 fully saturated rings. The zero-order valence-electron chi connectivity index (χ0n) is 30.0. The largest absolute Gasteiger partial charge is 0.437 e. The number of furan rings is 2. The Bertz CT molecular complexity index is 3250. The van der Waals surface area contributed by atoms with Crippen LogP contribution >= 0.6 is 0 Å². The summed E-state index contributed by atoms with van der Waals surface area (Å²) in [4.78, 5) is 9.15. The average Bonchev–Trinajstić information content (AvgIpc) is 3.84. The summed E-state index contributed by atoms with van der Waals surface area (Å²) in [6.45, 7) is 0. The van der Waals surface area contributed by atoms with E-state index in [0.717, 1.165) is 66.1 Å². The molecule has 0 amide bonds. The second kappa shape index (κ2) is 12.0. The molecule has 0 saturated heterocycles. The molecule has 4 heteroatoms. The second-order valence-corrected chi connectivity index (χ2v) is 14.4. The Morgan fingerprint density at radius 1 is 0.286 bits per heavy atom. The molecule has 0 radical (unpaired) electrons. The first-order valence-electron chi connectivity index (χ1n) is 18.9. The van der Waals surface area contributed by atoms with E-state index in [2.05, 4.69) is 168 Å². The van der Waals surface area contributed by atoms with Gasteiger partial charge in [-0.1, -0.05) is 127 Å². The van der Waals surface area contributed by atoms with Crippen molar-refractivity contribution < 1.29 is 8.83 Å². The van der Waals surface area contributed by atoms with Crippen molar-refractivity contribution in [3.63, 3.8) is 0 Å². The Hall–Kier alpha value is -7.56. The summed E-state index contributed by atoms with van der Waals surface area (Å²) in [6.07, 6.45) is 3.56. The summed E-state index contributed by atoms with van der Waals surface area (Å²) in [5.41, 5.74) is 18.9. The second-order valence-electron chi connectivity index (χ2n) is 14.4. The average molecular weight is 715 g/mol. The third-order valence-electron chi connectivity index (χ3n) is 11.4. The van der Waals surface area contributed by atoms with Crippen LogP contribution in [-0.4, -0.2) is 9.97 Å². The lowest BCUT2D eigenvalue weighted by atomic mass is 9.78. The van der Waals surface area contributed by atoms with E-state index in [1.165, 1.54) is 44.5 Å². The number of pyridine rings is 2. The normalized spacial score (nSPS) is 11.9. The Labute approximate surface area is 322 Å². The van der Waals surface area contributed by atoms with E-state index < -0.39 is 0 Å². The van der Waals surface area contributed by atoms with Gasteiger partial charge in [-0.3, -0.25) is 0 Å². The molecular weight excluding hydrogens is 685 g/mol. The van der Waals surface area contributed by atoms with E-state index >= 15 is 0 Å². The van der Waals surface area contributed by atoms with Crippen LogP contribution in [0.25, 0.3) is 122 Å². The van der Waals surface area contributed by atoms with Gasteiger partial charge in [0.15, 0.2) is 0 Å². The zero-order chi connectivity index (χ0) is 36.7. The standard InChI is InChI=1S/C52H30N2O2/c1-2-13-38-37(12-1)39-14-3-4-15-41(39)43-21-7-18-34(48(43)42-17-6-5-16-40(38)42)31-28-32(35-19-8-22-44-46-24-10-26-53-51(46)55-49(35)44)30-33(29-31)36-20-9-23-45-47-25-11-27-54-52(47)56-50(36)45/h1-30H. The molecule has 4 aromatic heterocycles. The van der Waals surface area contributed by atoms with Crippen LogP contribution in [0.15, 0.2) is 191 Å². The van der Waals surface area contributed by atoms with Gasteiger partial charge in [0.25, 0.3) is 0 Å². The Morgan fingerprint density at radius 2 is 0.643 bits per heavy atom. The minimum atomic E-state index is 0.630. The highest BCUT2D eigenvalue weighted by Crippen LogP contribution is 2.51. The summed E-state index contributed by atoms with van der Waals surface area (Å²) in [6, 6.07) is 60.9. The highest BCUT2D eigenvalue weighted by Gasteiger charge is 2.25. The monoisotopic (exact) mass is 714 g/mol. The number of nitrogens with zero attached hydrogens (tertiary/aromatic N) is 2. The first-order valence-corrected chi connectivity index (χ1v) is 18.9. The zero-order valence-corrected chi connectivity index (χ0v) is 30.0. The molecule has 4 heterocycles. The van der Waals surface area contributed by atoms with Crippen LogP contribution in [0.3, 0.4) is 0 Å². The molecular formula is C52H30N2O2. The highest BCUT2D eigenvalue weighted by atomic mass is 16.3. The maximum atomic E-state index is 6.54. The molecule has 1 aliphatic carbocycles. The van der Waals surface area contributed by atoms with Gasteiger partial charge in [-0.15, -0.1) is 0 Å². The number of fused-ring (bicyclic) bond motifs is 14. The van der Waals surface area contributed by atoms with Gasteiger partial charge in [0, 0.05) is 45.1 Å². The number of hydrogen-bond acceptors (Lipinski definition) is 4. The lowest BCUT2D eigenvalue weighted by Crippen LogP contribution is -1.99. The molecule has 0 atom stereocenters. The van der Waals surface area contributed by atoms with Crippen molar-refractivity contribution in [2.24, 2.45) is 0 Å². The van der Waals surface area contributed by atoms with Gasteiger partial charge < -0.3 is 8.83 Å². The number of para-hydroxylation sites is 2. The van der Waals surface area contributed by atoms with Crippen molar-refractivity contribution in [1.82, 2.24) is 9.97 Å². The Kier molecular flexibility index (Phi) is 6.60. The van der Waals surface area contributed by atoms with Crippen molar-refractivity contribution in [3.05, 3.63) is 182 Å². The lowest BCUT2D eigenvalue weighted by Gasteiger charge is -2.25. The smallest absolute Gasteiger partial charge is 0.227 e. The maximum Gasteiger partial charge on any atom is 0.227 e. The van der Waals surface area contributed by atoms with Gasteiger partial charge in [0.05, 0.1) is 0 Å². The van der Waals surface area contributed by atoms with Crippen LogP contribution in [-0.2, 0) is 0 Å². The van der Waals surface area contributed by atoms with Crippen LogP contribution < -0.4 is 0 Å². The van der Waals surface area contributed by atoms with Crippen LogP contribution in [0.4, 0.5) is 0 Å². The summed E-state index contributed by atoms with van der Waals surface area (Å²) < 4.78 is 13.1. The van der Waals surface area contributed by atoms with Gasteiger partial charge >= 0.3 is 0 Å². The molecule has 1 aliphatic rings. The van der Waals surface area contributed by atoms with Crippen molar-refractivity contribution in [3.8, 4) is 77.9 Å². The van der Waals surface area contributed by atoms with Gasteiger partial charge in [-0.05, 0) is 109 Å². The summed E-state index contributed by atoms with van der Waals surface area (Å²) in [5.74, 6) is 0. The fraction of sp³-hybridized carbons (Fsp3) is 0. The molecule has 0 spiro atoms. The molecule has 56 heavy (non-hydrogen) atoms. The molecule has 0 saturated carbocycles. The van der Waals surface area contributed by atoms with E-state index in [1.807, 2.05) is 12.1 Å². The number of aromatic nitrogens is 2. The van der Waals surface area contributed by atoms with Crippen LogP contribution in [0.2, 0.25) is 0 Å². The van der Waals surface area contributed by atoms with Gasteiger partial charge in [0.2, 0.25) is 11.4 Å². The lowest BCUT2D eigenvalue weighted by molar-refractivity contribution is 0.655. The number of rotatable bonds is 3. The van der Waals surface area contributed by atoms with Gasteiger partial charge in [-0.25, -0.2) is 9.97 Å². The van der Waals surface area contributed by atoms with E-state index in [4.69, 9.17) is 8.83 Å². The third kappa shape index (κ3) is 4.53. The summed E-state index contributed by atoms with van der Waals surface area (Å²) in [7, 11) is 0. The van der Waals surface area contributed by atoms with E-state index in [-0.39, 0.29) is 0 Å². The van der Waals surface area contributed by atoms with Gasteiger partial charge in [-0.2, -0.15) is 0 Å². The topological polar surface area (TPSA) is 52.1 Å². The minimum Gasteiger partial charge on any atom is -0.437 e. The fourth-order valence-corrected chi connectivity index (χ4v) is 8.96. The molecule has 0 N–H and O–H groups in total. The number of benzene rings is 7. The maximum absolute atomic E-state index is 6.54.